The van der Waals surface area contributed by atoms with Crippen LogP contribution in [0.15, 0.2) is 48.0 Å². The number of thiophene rings is 1. The van der Waals surface area contributed by atoms with Crippen LogP contribution in [-0.4, -0.2) is 33.3 Å². The Morgan fingerprint density at radius 1 is 1.06 bits per heavy atom. The van der Waals surface area contributed by atoms with E-state index in [1.807, 2.05) is 11.3 Å². The lowest BCUT2D eigenvalue weighted by atomic mass is 9.83. The first-order valence-corrected chi connectivity index (χ1v) is 14.2. The van der Waals surface area contributed by atoms with E-state index in [1.165, 1.54) is 52.9 Å². The monoisotopic (exact) mass is 524 g/mol. The molecule has 0 bridgehead atoms. The molecule has 0 spiro atoms. The molecular formula is C29H37ClN4OS. The molecule has 1 N–H and O–H groups in total. The van der Waals surface area contributed by atoms with E-state index in [0.29, 0.717) is 12.0 Å². The van der Waals surface area contributed by atoms with Gasteiger partial charge in [-0.15, -0.1) is 23.7 Å². The van der Waals surface area contributed by atoms with Gasteiger partial charge in [-0.3, -0.25) is 0 Å². The lowest BCUT2D eigenvalue weighted by molar-refractivity contribution is 0.187. The van der Waals surface area contributed by atoms with E-state index in [0.717, 1.165) is 56.9 Å². The zero-order valence-electron chi connectivity index (χ0n) is 21.1. The van der Waals surface area contributed by atoms with E-state index in [1.54, 1.807) is 0 Å². The average molecular weight is 525 g/mol. The molecule has 6 rings (SSSR count). The van der Waals surface area contributed by atoms with Crippen molar-refractivity contribution in [3.63, 3.8) is 0 Å². The highest BCUT2D eigenvalue weighted by atomic mass is 35.5. The van der Waals surface area contributed by atoms with E-state index in [9.17, 15) is 0 Å². The number of nitrogens with zero attached hydrogens (tertiary/aromatic N) is 3. The summed E-state index contributed by atoms with van der Waals surface area (Å²) in [6.45, 7) is 3.16. The minimum Gasteiger partial charge on any atom is -0.490 e. The van der Waals surface area contributed by atoms with Gasteiger partial charge < -0.3 is 19.2 Å². The van der Waals surface area contributed by atoms with Crippen molar-refractivity contribution in [2.45, 2.75) is 69.9 Å². The van der Waals surface area contributed by atoms with Crippen molar-refractivity contribution in [3.05, 3.63) is 59.2 Å². The lowest BCUT2D eigenvalue weighted by Crippen LogP contribution is -2.19. The normalized spacial score (nSPS) is 18.5. The lowest BCUT2D eigenvalue weighted by Gasteiger charge is -2.22. The summed E-state index contributed by atoms with van der Waals surface area (Å²) in [5, 5.41) is 5.63. The summed E-state index contributed by atoms with van der Waals surface area (Å²) in [5.41, 5.74) is 5.19. The van der Waals surface area contributed by atoms with Gasteiger partial charge >= 0.3 is 0 Å². The molecule has 1 saturated heterocycles. The SMILES string of the molecule is Cl.Cn1c(-c2nc(C3CCC3)cn2CCCc2ccc(OC3CCCNCC3)cc2)cc2sccc21. The fourth-order valence-corrected chi connectivity index (χ4v) is 6.31. The standard InChI is InChI=1S/C29H36N4OS.ClH/c1-32-26-14-18-35-28(26)19-27(32)29-31-25(22-6-2-7-22)20-33(29)17-4-5-21-9-11-24(12-10-21)34-23-8-3-15-30-16-13-23;/h9-12,14,18-20,22-23,30H,2-8,13,15-17H2,1H3;1H. The number of hydrogen-bond donors (Lipinski definition) is 1. The minimum atomic E-state index is 0. The van der Waals surface area contributed by atoms with Crippen LogP contribution >= 0.6 is 23.7 Å². The number of nitrogens with one attached hydrogen (secondary N) is 1. The Kier molecular flexibility index (Phi) is 8.04. The molecule has 1 atom stereocenters. The first-order valence-electron chi connectivity index (χ1n) is 13.3. The quantitative estimate of drug-likeness (QED) is 0.271. The maximum Gasteiger partial charge on any atom is 0.157 e. The van der Waals surface area contributed by atoms with Crippen molar-refractivity contribution in [1.29, 1.82) is 0 Å². The molecule has 1 aliphatic heterocycles. The van der Waals surface area contributed by atoms with Crippen LogP contribution < -0.4 is 10.1 Å². The van der Waals surface area contributed by atoms with Crippen LogP contribution in [0.25, 0.3) is 21.7 Å². The highest BCUT2D eigenvalue weighted by Gasteiger charge is 2.25. The molecule has 4 heterocycles. The molecule has 36 heavy (non-hydrogen) atoms. The molecular weight excluding hydrogens is 488 g/mol. The van der Waals surface area contributed by atoms with Crippen LogP contribution in [0.2, 0.25) is 0 Å². The highest BCUT2D eigenvalue weighted by molar-refractivity contribution is 7.17. The van der Waals surface area contributed by atoms with Gasteiger partial charge in [-0.05, 0) is 93.2 Å². The van der Waals surface area contributed by atoms with E-state index in [-0.39, 0.29) is 12.4 Å². The minimum absolute atomic E-state index is 0. The number of imidazole rings is 1. The molecule has 1 aliphatic carbocycles. The molecule has 3 aromatic heterocycles. The second-order valence-corrected chi connectivity index (χ2v) is 11.2. The maximum atomic E-state index is 6.25. The highest BCUT2D eigenvalue weighted by Crippen LogP contribution is 2.38. The summed E-state index contributed by atoms with van der Waals surface area (Å²) in [6, 6.07) is 13.3. The van der Waals surface area contributed by atoms with Gasteiger partial charge in [0, 0.05) is 25.7 Å². The van der Waals surface area contributed by atoms with E-state index >= 15 is 0 Å². The van der Waals surface area contributed by atoms with Gasteiger partial charge in [0.2, 0.25) is 0 Å². The Morgan fingerprint density at radius 3 is 2.69 bits per heavy atom. The molecule has 1 aromatic carbocycles. The second kappa shape index (κ2) is 11.4. The van der Waals surface area contributed by atoms with Crippen LogP contribution in [0.3, 0.4) is 0 Å². The van der Waals surface area contributed by atoms with E-state index in [4.69, 9.17) is 9.72 Å². The molecule has 7 heteroatoms. The summed E-state index contributed by atoms with van der Waals surface area (Å²) in [5.74, 6) is 2.78. The largest absolute Gasteiger partial charge is 0.490 e. The first-order chi connectivity index (χ1) is 17.2. The van der Waals surface area contributed by atoms with Crippen molar-refractivity contribution in [1.82, 2.24) is 19.4 Å². The van der Waals surface area contributed by atoms with Crippen molar-refractivity contribution >= 4 is 34.0 Å². The Morgan fingerprint density at radius 2 is 1.92 bits per heavy atom. The number of halogens is 1. The number of hydrogen-bond acceptors (Lipinski definition) is 4. The molecule has 0 radical (unpaired) electrons. The first kappa shape index (κ1) is 25.4. The number of aromatic nitrogens is 3. The van der Waals surface area contributed by atoms with Gasteiger partial charge in [-0.25, -0.2) is 4.98 Å². The third-order valence-electron chi connectivity index (χ3n) is 7.82. The Hall–Kier alpha value is -2.28. The summed E-state index contributed by atoms with van der Waals surface area (Å²) < 4.78 is 12.3. The van der Waals surface area contributed by atoms with Gasteiger partial charge in [0.1, 0.15) is 5.75 Å². The van der Waals surface area contributed by atoms with Crippen LogP contribution in [0, 0.1) is 0 Å². The molecule has 1 unspecified atom stereocenters. The van der Waals surface area contributed by atoms with Crippen molar-refractivity contribution in [3.8, 4) is 17.3 Å². The van der Waals surface area contributed by atoms with Crippen LogP contribution in [-0.2, 0) is 20.0 Å². The van der Waals surface area contributed by atoms with Gasteiger partial charge in [-0.2, -0.15) is 0 Å². The van der Waals surface area contributed by atoms with Gasteiger partial charge in [-0.1, -0.05) is 18.6 Å². The zero-order chi connectivity index (χ0) is 23.6. The molecule has 1 saturated carbocycles. The van der Waals surface area contributed by atoms with Crippen LogP contribution in [0.1, 0.15) is 62.1 Å². The van der Waals surface area contributed by atoms with Gasteiger partial charge in [0.05, 0.1) is 27.7 Å². The number of aryl methyl sites for hydroxylation is 3. The van der Waals surface area contributed by atoms with E-state index < -0.39 is 0 Å². The smallest absolute Gasteiger partial charge is 0.157 e. The molecule has 192 valence electrons. The third kappa shape index (κ3) is 5.36. The predicted octanol–water partition coefficient (Wildman–Crippen LogP) is 6.95. The zero-order valence-corrected chi connectivity index (χ0v) is 22.8. The maximum absolute atomic E-state index is 6.25. The van der Waals surface area contributed by atoms with E-state index in [2.05, 4.69) is 69.5 Å². The molecule has 4 aromatic rings. The van der Waals surface area contributed by atoms with Crippen molar-refractivity contribution < 1.29 is 4.74 Å². The van der Waals surface area contributed by atoms with Crippen molar-refractivity contribution in [2.24, 2.45) is 7.05 Å². The summed E-state index contributed by atoms with van der Waals surface area (Å²) in [7, 11) is 2.17. The van der Waals surface area contributed by atoms with Crippen molar-refractivity contribution in [2.75, 3.05) is 13.1 Å². The predicted molar refractivity (Wildman–Crippen MR) is 152 cm³/mol. The van der Waals surface area contributed by atoms with Gasteiger partial charge in [0.25, 0.3) is 0 Å². The molecule has 0 amide bonds. The topological polar surface area (TPSA) is 44.0 Å². The molecule has 5 nitrogen and oxygen atoms in total. The average Bonchev–Trinajstić information content (AvgIpc) is 3.46. The Bertz CT molecular complexity index is 1260. The number of rotatable bonds is 8. The Balaban J connectivity index is 0.00000267. The second-order valence-electron chi connectivity index (χ2n) is 10.2. The summed E-state index contributed by atoms with van der Waals surface area (Å²) in [6.07, 6.45) is 12.2. The molecule has 2 fully saturated rings. The number of benzene rings is 1. The fourth-order valence-electron chi connectivity index (χ4n) is 5.46. The van der Waals surface area contributed by atoms with Crippen LogP contribution in [0.4, 0.5) is 0 Å². The summed E-state index contributed by atoms with van der Waals surface area (Å²) >= 11 is 1.81. The van der Waals surface area contributed by atoms with Gasteiger partial charge in [0.15, 0.2) is 5.82 Å². The summed E-state index contributed by atoms with van der Waals surface area (Å²) in [4.78, 5) is 5.16. The molecule has 2 aliphatic rings. The fraction of sp³-hybridized carbons (Fsp3) is 0.483. The number of ether oxygens (including phenoxy) is 1. The third-order valence-corrected chi connectivity index (χ3v) is 8.68. The van der Waals surface area contributed by atoms with Crippen LogP contribution in [0.5, 0.6) is 5.75 Å². The number of fused-ring (bicyclic) bond motifs is 1. The Labute approximate surface area is 224 Å².